The van der Waals surface area contributed by atoms with Gasteiger partial charge < -0.3 is 10.6 Å². The Hall–Kier alpha value is -1.59. The van der Waals surface area contributed by atoms with Crippen molar-refractivity contribution in [1.82, 2.24) is 10.6 Å². The van der Waals surface area contributed by atoms with Crippen LogP contribution in [0.25, 0.3) is 10.1 Å². The summed E-state index contributed by atoms with van der Waals surface area (Å²) in [6, 6.07) is 7.82. The van der Waals surface area contributed by atoms with Gasteiger partial charge in [0.2, 0.25) is 5.91 Å². The average molecular weight is 391 g/mol. The molecule has 138 valence electrons. The minimum Gasteiger partial charge on any atom is -0.352 e. The molecule has 1 heterocycles. The molecule has 1 aromatic heterocycles. The highest BCUT2D eigenvalue weighted by Crippen LogP contribution is 2.49. The Bertz CT molecular complexity index is 849. The van der Waals surface area contributed by atoms with Gasteiger partial charge in [0.1, 0.15) is 4.88 Å². The van der Waals surface area contributed by atoms with E-state index >= 15 is 0 Å². The molecule has 4 unspecified atom stereocenters. The lowest BCUT2D eigenvalue weighted by Gasteiger charge is -2.28. The van der Waals surface area contributed by atoms with Crippen LogP contribution in [0.3, 0.4) is 0 Å². The second-order valence-electron chi connectivity index (χ2n) is 7.62. The molecule has 2 N–H and O–H groups in total. The zero-order chi connectivity index (χ0) is 18.3. The van der Waals surface area contributed by atoms with Crippen molar-refractivity contribution < 1.29 is 9.59 Å². The van der Waals surface area contributed by atoms with Crippen molar-refractivity contribution in [1.29, 1.82) is 0 Å². The van der Waals surface area contributed by atoms with Crippen molar-refractivity contribution >= 4 is 44.8 Å². The molecule has 2 aliphatic rings. The lowest BCUT2D eigenvalue weighted by atomic mass is 9.84. The van der Waals surface area contributed by atoms with Gasteiger partial charge in [0.25, 0.3) is 5.91 Å². The smallest absolute Gasteiger partial charge is 0.263 e. The minimum atomic E-state index is -0.293. The topological polar surface area (TPSA) is 58.2 Å². The molecular weight excluding hydrogens is 368 g/mol. The molecule has 0 aliphatic heterocycles. The Morgan fingerprint density at radius 3 is 2.77 bits per heavy atom. The second kappa shape index (κ2) is 7.20. The van der Waals surface area contributed by atoms with Gasteiger partial charge in [-0.15, -0.1) is 11.3 Å². The number of amides is 2. The van der Waals surface area contributed by atoms with E-state index < -0.39 is 0 Å². The summed E-state index contributed by atoms with van der Waals surface area (Å²) in [6.45, 7) is 2.07. The number of fused-ring (bicyclic) bond motifs is 3. The number of hydrogen-bond donors (Lipinski definition) is 2. The standard InChI is InChI=1S/C20H23ClN2O2S/c1-11(15-9-12-6-7-13(15)8-12)23-17(24)10-22-20(25)19-18(21)14-4-2-3-5-16(14)26-19/h2-5,11-13,15H,6-10H2,1H3,(H,22,25)(H,23,24). The highest BCUT2D eigenvalue weighted by atomic mass is 35.5. The maximum absolute atomic E-state index is 12.4. The van der Waals surface area contributed by atoms with Gasteiger partial charge in [-0.25, -0.2) is 0 Å². The molecule has 0 radical (unpaired) electrons. The fourth-order valence-electron chi connectivity index (χ4n) is 4.72. The lowest BCUT2D eigenvalue weighted by Crippen LogP contribution is -2.44. The third-order valence-electron chi connectivity index (χ3n) is 5.97. The maximum atomic E-state index is 12.4. The Kier molecular flexibility index (Phi) is 4.93. The number of carbonyl (C=O) groups excluding carboxylic acids is 2. The normalized spacial score (nSPS) is 25.4. The van der Waals surface area contributed by atoms with Crippen molar-refractivity contribution in [3.8, 4) is 0 Å². The predicted molar refractivity (Wildman–Crippen MR) is 106 cm³/mol. The summed E-state index contributed by atoms with van der Waals surface area (Å²) < 4.78 is 0.969. The van der Waals surface area contributed by atoms with E-state index in [-0.39, 0.29) is 24.4 Å². The Balaban J connectivity index is 1.32. The van der Waals surface area contributed by atoms with Crippen molar-refractivity contribution in [3.05, 3.63) is 34.2 Å². The first-order valence-electron chi connectivity index (χ1n) is 9.27. The van der Waals surface area contributed by atoms with Crippen LogP contribution in [0.2, 0.25) is 5.02 Å². The molecule has 2 saturated carbocycles. The van der Waals surface area contributed by atoms with Crippen LogP contribution >= 0.6 is 22.9 Å². The molecule has 2 fully saturated rings. The molecule has 0 saturated heterocycles. The zero-order valence-electron chi connectivity index (χ0n) is 14.8. The van der Waals surface area contributed by atoms with Crippen LogP contribution in [0.4, 0.5) is 0 Å². The van der Waals surface area contributed by atoms with Gasteiger partial charge in [-0.3, -0.25) is 9.59 Å². The largest absolute Gasteiger partial charge is 0.352 e. The summed E-state index contributed by atoms with van der Waals surface area (Å²) in [5.74, 6) is 1.79. The van der Waals surface area contributed by atoms with Gasteiger partial charge in [-0.05, 0) is 50.0 Å². The average Bonchev–Trinajstić information content (AvgIpc) is 3.34. The van der Waals surface area contributed by atoms with Crippen molar-refractivity contribution in [2.45, 2.75) is 38.6 Å². The molecule has 2 amide bonds. The molecule has 2 bridgehead atoms. The van der Waals surface area contributed by atoms with E-state index in [1.54, 1.807) is 0 Å². The quantitative estimate of drug-likeness (QED) is 0.802. The molecule has 0 spiro atoms. The van der Waals surface area contributed by atoms with Gasteiger partial charge in [0.05, 0.1) is 11.6 Å². The Morgan fingerprint density at radius 1 is 1.27 bits per heavy atom. The van der Waals surface area contributed by atoms with E-state index in [4.69, 9.17) is 11.6 Å². The molecular formula is C20H23ClN2O2S. The van der Waals surface area contributed by atoms with Crippen molar-refractivity contribution in [2.75, 3.05) is 6.54 Å². The van der Waals surface area contributed by atoms with Gasteiger partial charge in [0.15, 0.2) is 0 Å². The van der Waals surface area contributed by atoms with E-state index in [9.17, 15) is 9.59 Å². The molecule has 2 aromatic rings. The number of rotatable bonds is 5. The van der Waals surface area contributed by atoms with Crippen LogP contribution in [-0.4, -0.2) is 24.4 Å². The zero-order valence-corrected chi connectivity index (χ0v) is 16.3. The van der Waals surface area contributed by atoms with Crippen LogP contribution in [0.15, 0.2) is 24.3 Å². The molecule has 4 atom stereocenters. The molecule has 4 nitrogen and oxygen atoms in total. The summed E-state index contributed by atoms with van der Waals surface area (Å²) in [5, 5.41) is 7.11. The van der Waals surface area contributed by atoms with Gasteiger partial charge in [0, 0.05) is 16.1 Å². The van der Waals surface area contributed by atoms with Gasteiger partial charge >= 0.3 is 0 Å². The molecule has 2 aliphatic carbocycles. The van der Waals surface area contributed by atoms with Crippen molar-refractivity contribution in [3.63, 3.8) is 0 Å². The molecule has 6 heteroatoms. The molecule has 1 aromatic carbocycles. The van der Waals surface area contributed by atoms with Gasteiger partial charge in [-0.2, -0.15) is 0 Å². The van der Waals surface area contributed by atoms with E-state index in [0.29, 0.717) is 15.8 Å². The Morgan fingerprint density at radius 2 is 2.08 bits per heavy atom. The summed E-state index contributed by atoms with van der Waals surface area (Å²) >= 11 is 7.67. The maximum Gasteiger partial charge on any atom is 0.263 e. The summed E-state index contributed by atoms with van der Waals surface area (Å²) in [4.78, 5) is 25.1. The third kappa shape index (κ3) is 3.35. The molecule has 26 heavy (non-hydrogen) atoms. The first kappa shape index (κ1) is 17.8. The predicted octanol–water partition coefficient (Wildman–Crippen LogP) is 4.23. The van der Waals surface area contributed by atoms with E-state index in [0.717, 1.165) is 21.9 Å². The summed E-state index contributed by atoms with van der Waals surface area (Å²) in [5.41, 5.74) is 0. The van der Waals surface area contributed by atoms with Crippen LogP contribution in [0.5, 0.6) is 0 Å². The fourth-order valence-corrected chi connectivity index (χ4v) is 6.15. The van der Waals surface area contributed by atoms with Crippen LogP contribution in [0, 0.1) is 17.8 Å². The van der Waals surface area contributed by atoms with E-state index in [1.807, 2.05) is 24.3 Å². The number of thiophene rings is 1. The minimum absolute atomic E-state index is 0.0193. The van der Waals surface area contributed by atoms with Crippen LogP contribution in [0.1, 0.15) is 42.3 Å². The lowest BCUT2D eigenvalue weighted by molar-refractivity contribution is -0.121. The second-order valence-corrected chi connectivity index (χ2v) is 9.05. The fraction of sp³-hybridized carbons (Fsp3) is 0.500. The first-order chi connectivity index (χ1) is 12.5. The number of carbonyl (C=O) groups is 2. The monoisotopic (exact) mass is 390 g/mol. The highest BCUT2D eigenvalue weighted by Gasteiger charge is 2.42. The van der Waals surface area contributed by atoms with E-state index in [2.05, 4.69) is 17.6 Å². The number of benzene rings is 1. The van der Waals surface area contributed by atoms with Crippen LogP contribution < -0.4 is 10.6 Å². The van der Waals surface area contributed by atoms with Crippen LogP contribution in [-0.2, 0) is 4.79 Å². The molecule has 4 rings (SSSR count). The van der Waals surface area contributed by atoms with Crippen molar-refractivity contribution in [2.24, 2.45) is 17.8 Å². The summed E-state index contributed by atoms with van der Waals surface area (Å²) in [6.07, 6.45) is 5.21. The van der Waals surface area contributed by atoms with E-state index in [1.165, 1.54) is 37.0 Å². The van der Waals surface area contributed by atoms with Gasteiger partial charge in [-0.1, -0.05) is 36.2 Å². The first-order valence-corrected chi connectivity index (χ1v) is 10.5. The third-order valence-corrected chi connectivity index (χ3v) is 7.65. The Labute approximate surface area is 162 Å². The number of halogens is 1. The SMILES string of the molecule is CC(NC(=O)CNC(=O)c1sc2ccccc2c1Cl)C1CC2CCC1C2. The summed E-state index contributed by atoms with van der Waals surface area (Å²) in [7, 11) is 0. The highest BCUT2D eigenvalue weighted by molar-refractivity contribution is 7.21. The number of nitrogens with one attached hydrogen (secondary N) is 2. The number of hydrogen-bond acceptors (Lipinski definition) is 3.